The molecule has 4 aromatic rings. The zero-order valence-electron chi connectivity index (χ0n) is 18.3. The van der Waals surface area contributed by atoms with E-state index in [0.29, 0.717) is 12.1 Å². The zero-order chi connectivity index (χ0) is 23.2. The van der Waals surface area contributed by atoms with Crippen LogP contribution in [-0.4, -0.2) is 74.9 Å². The molecule has 1 unspecified atom stereocenters. The van der Waals surface area contributed by atoms with Gasteiger partial charge >= 0.3 is 0 Å². The molecule has 1 fully saturated rings. The van der Waals surface area contributed by atoms with E-state index in [1.807, 2.05) is 24.3 Å². The van der Waals surface area contributed by atoms with Crippen molar-refractivity contribution >= 4 is 22.5 Å². The highest BCUT2D eigenvalue weighted by Gasteiger charge is 2.44. The van der Waals surface area contributed by atoms with Gasteiger partial charge in [0, 0.05) is 18.3 Å². The Kier molecular flexibility index (Phi) is 5.35. The average Bonchev–Trinajstić information content (AvgIpc) is 3.39. The Labute approximate surface area is 188 Å². The van der Waals surface area contributed by atoms with E-state index in [9.17, 15) is 13.2 Å². The highest BCUT2D eigenvalue weighted by molar-refractivity contribution is 5.89. The van der Waals surface area contributed by atoms with Crippen LogP contribution in [0, 0.1) is 0 Å². The smallest absolute Gasteiger partial charge is 0.280 e. The van der Waals surface area contributed by atoms with E-state index in [1.54, 1.807) is 33.6 Å². The number of halogens is 3. The molecular formula is C22H24F3N7O. The number of methoxy groups -OCH3 is 1. The van der Waals surface area contributed by atoms with Crippen molar-refractivity contribution in [1.29, 1.82) is 0 Å². The van der Waals surface area contributed by atoms with Crippen LogP contribution in [0.5, 0.6) is 5.88 Å². The number of alkyl halides is 3. The molecule has 4 heterocycles. The van der Waals surface area contributed by atoms with Crippen molar-refractivity contribution in [3.8, 4) is 17.0 Å². The van der Waals surface area contributed by atoms with Crippen LogP contribution >= 0.6 is 0 Å². The number of rotatable bonds is 6. The minimum atomic E-state index is -2.90. The third-order valence-electron chi connectivity index (χ3n) is 6.02. The summed E-state index contributed by atoms with van der Waals surface area (Å²) in [4.78, 5) is 10.3. The lowest BCUT2D eigenvalue weighted by atomic mass is 10.0. The Morgan fingerprint density at radius 1 is 1.27 bits per heavy atom. The van der Waals surface area contributed by atoms with Crippen LogP contribution in [0.25, 0.3) is 27.7 Å². The van der Waals surface area contributed by atoms with Crippen molar-refractivity contribution in [1.82, 2.24) is 29.0 Å². The molecule has 3 aromatic heterocycles. The maximum atomic E-state index is 14.5. The molecule has 0 aliphatic carbocycles. The predicted octanol–water partition coefficient (Wildman–Crippen LogP) is 3.48. The number of aromatic nitrogens is 5. The molecule has 1 atom stereocenters. The number of ether oxygens (including phenoxy) is 1. The number of nitrogens with one attached hydrogen (secondary N) is 1. The van der Waals surface area contributed by atoms with Crippen LogP contribution in [0.2, 0.25) is 0 Å². The molecule has 1 aliphatic rings. The third-order valence-corrected chi connectivity index (χ3v) is 6.02. The molecule has 1 aromatic carbocycles. The molecular weight excluding hydrogens is 435 g/mol. The highest BCUT2D eigenvalue weighted by Crippen LogP contribution is 2.34. The maximum absolute atomic E-state index is 14.5. The maximum Gasteiger partial charge on any atom is 0.280 e. The summed E-state index contributed by atoms with van der Waals surface area (Å²) < 4.78 is 50.7. The number of likely N-dealkylation sites (tertiary alicyclic amines) is 1. The van der Waals surface area contributed by atoms with Crippen molar-refractivity contribution in [3.63, 3.8) is 0 Å². The topological polar surface area (TPSA) is 72.5 Å². The van der Waals surface area contributed by atoms with Crippen LogP contribution in [0.4, 0.5) is 19.1 Å². The van der Waals surface area contributed by atoms with E-state index < -0.39 is 18.6 Å². The Bertz CT molecular complexity index is 1300. The Balaban J connectivity index is 1.52. The van der Waals surface area contributed by atoms with Gasteiger partial charge in [0.25, 0.3) is 5.92 Å². The Morgan fingerprint density at radius 3 is 2.88 bits per heavy atom. The molecule has 5 rings (SSSR count). The molecule has 1 N–H and O–H groups in total. The monoisotopic (exact) mass is 459 g/mol. The molecule has 174 valence electrons. The van der Waals surface area contributed by atoms with E-state index in [0.717, 1.165) is 22.2 Å². The van der Waals surface area contributed by atoms with Gasteiger partial charge in [0.1, 0.15) is 12.2 Å². The largest absolute Gasteiger partial charge is 0.479 e. The van der Waals surface area contributed by atoms with Gasteiger partial charge in [-0.2, -0.15) is 4.98 Å². The second-order valence-electron chi connectivity index (χ2n) is 8.28. The molecule has 0 spiro atoms. The van der Waals surface area contributed by atoms with Crippen LogP contribution in [0.1, 0.15) is 6.42 Å². The number of piperidine rings is 1. The van der Waals surface area contributed by atoms with Gasteiger partial charge in [-0.3, -0.25) is 0 Å². The first-order valence-electron chi connectivity index (χ1n) is 10.7. The van der Waals surface area contributed by atoms with E-state index >= 15 is 0 Å². The third kappa shape index (κ3) is 3.86. The summed E-state index contributed by atoms with van der Waals surface area (Å²) in [5.41, 5.74) is 3.85. The summed E-state index contributed by atoms with van der Waals surface area (Å²) in [6.45, 7) is -0.0287. The van der Waals surface area contributed by atoms with Crippen LogP contribution in [0.15, 0.2) is 36.8 Å². The molecule has 8 nitrogen and oxygen atoms in total. The van der Waals surface area contributed by atoms with Gasteiger partial charge in [-0.05, 0) is 37.2 Å². The number of benzene rings is 1. The standard InChI is InChI=1S/C22H24F3N7O/c1-30-8-6-18(22(24,25)12-30)27-21-28-20(33-2)19-15(5-9-32(19)29-21)14-3-4-16-17(11-14)31(10-7-23)13-26-16/h3-5,9,11,13,18H,6-8,10,12H2,1-2H3,(H,27,29). The molecule has 1 saturated heterocycles. The van der Waals surface area contributed by atoms with Crippen molar-refractivity contribution < 1.29 is 17.9 Å². The van der Waals surface area contributed by atoms with E-state index in [2.05, 4.69) is 20.4 Å². The van der Waals surface area contributed by atoms with E-state index in [-0.39, 0.29) is 31.3 Å². The van der Waals surface area contributed by atoms with Crippen molar-refractivity contribution in [2.75, 3.05) is 39.2 Å². The highest BCUT2D eigenvalue weighted by atomic mass is 19.3. The lowest BCUT2D eigenvalue weighted by Gasteiger charge is -2.36. The molecule has 1 aliphatic heterocycles. The van der Waals surface area contributed by atoms with Gasteiger partial charge in [-0.1, -0.05) is 6.07 Å². The second-order valence-corrected chi connectivity index (χ2v) is 8.28. The summed E-state index contributed by atoms with van der Waals surface area (Å²) in [5, 5.41) is 7.21. The minimum Gasteiger partial charge on any atom is -0.479 e. The fourth-order valence-electron chi connectivity index (χ4n) is 4.37. The van der Waals surface area contributed by atoms with Crippen molar-refractivity contribution in [2.45, 2.75) is 24.9 Å². The molecule has 0 amide bonds. The first-order chi connectivity index (χ1) is 15.9. The molecule has 33 heavy (non-hydrogen) atoms. The molecule has 11 heteroatoms. The van der Waals surface area contributed by atoms with Gasteiger partial charge in [-0.25, -0.2) is 22.7 Å². The molecule has 0 saturated carbocycles. The summed E-state index contributed by atoms with van der Waals surface area (Å²) in [5.74, 6) is -2.56. The van der Waals surface area contributed by atoms with Crippen LogP contribution in [-0.2, 0) is 6.54 Å². The van der Waals surface area contributed by atoms with Crippen molar-refractivity contribution in [3.05, 3.63) is 36.8 Å². The Hall–Kier alpha value is -3.34. The van der Waals surface area contributed by atoms with E-state index in [1.165, 1.54) is 7.11 Å². The first-order valence-corrected chi connectivity index (χ1v) is 10.7. The van der Waals surface area contributed by atoms with Gasteiger partial charge in [0.05, 0.1) is 43.6 Å². The SMILES string of the molecule is COc1nc(NC2CCN(C)CC2(F)F)nn2ccc(-c3ccc4ncn(CCF)c4c3)c12. The van der Waals surface area contributed by atoms with E-state index in [4.69, 9.17) is 4.74 Å². The van der Waals surface area contributed by atoms with Gasteiger partial charge in [0.15, 0.2) is 0 Å². The fraction of sp³-hybridized carbons (Fsp3) is 0.409. The summed E-state index contributed by atoms with van der Waals surface area (Å²) >= 11 is 0. The zero-order valence-corrected chi connectivity index (χ0v) is 18.3. The lowest BCUT2D eigenvalue weighted by Crippen LogP contribution is -2.53. The number of anilines is 1. The van der Waals surface area contributed by atoms with Gasteiger partial charge in [0.2, 0.25) is 11.8 Å². The lowest BCUT2D eigenvalue weighted by molar-refractivity contribution is -0.0675. The van der Waals surface area contributed by atoms with Crippen LogP contribution < -0.4 is 10.1 Å². The van der Waals surface area contributed by atoms with Gasteiger partial charge in [-0.15, -0.1) is 5.10 Å². The Morgan fingerprint density at radius 2 is 2.12 bits per heavy atom. The minimum absolute atomic E-state index is 0.0761. The van der Waals surface area contributed by atoms with Crippen LogP contribution in [0.3, 0.4) is 0 Å². The van der Waals surface area contributed by atoms with Crippen molar-refractivity contribution in [2.24, 2.45) is 0 Å². The molecule has 0 radical (unpaired) electrons. The number of hydrogen-bond donors (Lipinski definition) is 1. The second kappa shape index (κ2) is 8.22. The quantitative estimate of drug-likeness (QED) is 0.476. The summed E-state index contributed by atoms with van der Waals surface area (Å²) in [6, 6.07) is 6.50. The number of imidazole rings is 1. The van der Waals surface area contributed by atoms with Gasteiger partial charge < -0.3 is 19.5 Å². The normalized spacial score (nSPS) is 18.8. The predicted molar refractivity (Wildman–Crippen MR) is 119 cm³/mol. The average molecular weight is 459 g/mol. The summed E-state index contributed by atoms with van der Waals surface area (Å²) in [7, 11) is 3.16. The molecule has 0 bridgehead atoms. The fourth-order valence-corrected chi connectivity index (χ4v) is 4.37. The number of aryl methyl sites for hydroxylation is 1. The summed E-state index contributed by atoms with van der Waals surface area (Å²) in [6.07, 6.45) is 3.62. The first kappa shape index (κ1) is 21.5. The number of hydrogen-bond acceptors (Lipinski definition) is 6. The number of fused-ring (bicyclic) bond motifs is 2. The number of nitrogens with zero attached hydrogens (tertiary/aromatic N) is 6.